The molecule has 5 nitrogen and oxygen atoms in total. The van der Waals surface area contributed by atoms with Gasteiger partial charge in [0.1, 0.15) is 11.9 Å². The quantitative estimate of drug-likeness (QED) is 0.767. The van der Waals surface area contributed by atoms with Crippen molar-refractivity contribution in [2.45, 2.75) is 17.9 Å². The number of hydrogen-bond acceptors (Lipinski definition) is 5. The first-order valence-electron chi connectivity index (χ1n) is 6.97. The molecule has 0 aliphatic heterocycles. The summed E-state index contributed by atoms with van der Waals surface area (Å²) < 4.78 is 38.5. The Balaban J connectivity index is 2.05. The highest BCUT2D eigenvalue weighted by Gasteiger charge is 2.19. The summed E-state index contributed by atoms with van der Waals surface area (Å²) in [5, 5.41) is 0. The minimum absolute atomic E-state index is 0.128. The molecule has 1 aromatic carbocycles. The van der Waals surface area contributed by atoms with Gasteiger partial charge in [0.2, 0.25) is 10.0 Å². The number of nitrogens with one attached hydrogen (secondary N) is 1. The van der Waals surface area contributed by atoms with Crippen molar-refractivity contribution < 1.29 is 17.9 Å². The normalized spacial score (nSPS) is 13.0. The van der Waals surface area contributed by atoms with Crippen LogP contribution in [0.4, 0.5) is 0 Å². The van der Waals surface area contributed by atoms with Crippen LogP contribution in [0.25, 0.3) is 0 Å². The number of ether oxygens (including phenoxy) is 2. The van der Waals surface area contributed by atoms with E-state index in [1.165, 1.54) is 30.6 Å². The Morgan fingerprint density at radius 3 is 2.43 bits per heavy atom. The summed E-state index contributed by atoms with van der Waals surface area (Å²) in [4.78, 5) is 1.05. The van der Waals surface area contributed by atoms with Crippen LogP contribution in [0.2, 0.25) is 4.34 Å². The maximum absolute atomic E-state index is 12.3. The van der Waals surface area contributed by atoms with Gasteiger partial charge in [-0.1, -0.05) is 11.6 Å². The van der Waals surface area contributed by atoms with Gasteiger partial charge in [-0.2, -0.15) is 0 Å². The average molecular weight is 376 g/mol. The van der Waals surface area contributed by atoms with Gasteiger partial charge in [0, 0.05) is 18.5 Å². The molecule has 8 heteroatoms. The summed E-state index contributed by atoms with van der Waals surface area (Å²) in [6.45, 7) is 2.53. The van der Waals surface area contributed by atoms with Crippen molar-refractivity contribution in [1.29, 1.82) is 0 Å². The number of hydrogen-bond donors (Lipinski definition) is 1. The molecule has 0 spiro atoms. The van der Waals surface area contributed by atoms with Crippen LogP contribution < -0.4 is 9.46 Å². The monoisotopic (exact) mass is 375 g/mol. The van der Waals surface area contributed by atoms with Gasteiger partial charge in [-0.05, 0) is 43.3 Å². The number of thiophene rings is 1. The van der Waals surface area contributed by atoms with Crippen molar-refractivity contribution >= 4 is 33.0 Å². The Labute approximate surface area is 145 Å². The van der Waals surface area contributed by atoms with Crippen LogP contribution in [-0.4, -0.2) is 28.7 Å². The molecule has 0 bridgehead atoms. The Morgan fingerprint density at radius 1 is 1.22 bits per heavy atom. The first kappa shape index (κ1) is 18.2. The van der Waals surface area contributed by atoms with Crippen molar-refractivity contribution in [2.75, 3.05) is 20.3 Å². The molecule has 0 fully saturated rings. The van der Waals surface area contributed by atoms with Crippen LogP contribution in [0.3, 0.4) is 0 Å². The lowest BCUT2D eigenvalue weighted by Crippen LogP contribution is -2.29. The van der Waals surface area contributed by atoms with E-state index in [4.69, 9.17) is 21.1 Å². The minimum Gasteiger partial charge on any atom is -0.494 e. The summed E-state index contributed by atoms with van der Waals surface area (Å²) in [6.07, 6.45) is -0.384. The largest absolute Gasteiger partial charge is 0.494 e. The van der Waals surface area contributed by atoms with Crippen molar-refractivity contribution in [3.05, 3.63) is 45.6 Å². The number of sulfonamides is 1. The standard InChI is InChI=1S/C15H18ClNO4S2/c1-3-21-11-4-6-12(7-5-11)23(18,19)17-10-13(20-2)14-8-9-15(16)22-14/h4-9,13,17H,3,10H2,1-2H3. The van der Waals surface area contributed by atoms with Crippen LogP contribution >= 0.6 is 22.9 Å². The van der Waals surface area contributed by atoms with Gasteiger partial charge in [0.05, 0.1) is 15.8 Å². The topological polar surface area (TPSA) is 64.6 Å². The van der Waals surface area contributed by atoms with Gasteiger partial charge in [0.15, 0.2) is 0 Å². The second kappa shape index (κ2) is 8.12. The first-order valence-corrected chi connectivity index (χ1v) is 9.64. The molecule has 1 N–H and O–H groups in total. The second-order valence-corrected chi connectivity index (χ2v) is 8.14. The van der Waals surface area contributed by atoms with Crippen LogP contribution in [0, 0.1) is 0 Å². The molecule has 1 atom stereocenters. The molecule has 0 saturated carbocycles. The van der Waals surface area contributed by atoms with E-state index in [2.05, 4.69) is 4.72 Å². The van der Waals surface area contributed by atoms with Crippen molar-refractivity contribution in [1.82, 2.24) is 4.72 Å². The first-order chi connectivity index (χ1) is 11.0. The van der Waals surface area contributed by atoms with Gasteiger partial charge in [-0.3, -0.25) is 0 Å². The molecule has 2 rings (SSSR count). The molecule has 2 aromatic rings. The highest BCUT2D eigenvalue weighted by atomic mass is 35.5. The number of rotatable bonds is 8. The van der Waals surface area contributed by atoms with E-state index in [-0.39, 0.29) is 17.5 Å². The lowest BCUT2D eigenvalue weighted by molar-refractivity contribution is 0.110. The van der Waals surface area contributed by atoms with E-state index >= 15 is 0 Å². The molecule has 1 unspecified atom stereocenters. The fourth-order valence-corrected chi connectivity index (χ4v) is 4.12. The summed E-state index contributed by atoms with van der Waals surface area (Å²) >= 11 is 7.26. The van der Waals surface area contributed by atoms with E-state index < -0.39 is 10.0 Å². The molecule has 23 heavy (non-hydrogen) atoms. The Bertz CT molecular complexity index is 728. The zero-order chi connectivity index (χ0) is 16.9. The Morgan fingerprint density at radius 2 is 1.91 bits per heavy atom. The highest BCUT2D eigenvalue weighted by molar-refractivity contribution is 7.89. The van der Waals surface area contributed by atoms with Crippen LogP contribution in [0.15, 0.2) is 41.3 Å². The smallest absolute Gasteiger partial charge is 0.240 e. The van der Waals surface area contributed by atoms with Crippen molar-refractivity contribution in [3.8, 4) is 5.75 Å². The summed E-state index contributed by atoms with van der Waals surface area (Å²) in [7, 11) is -2.08. The number of benzene rings is 1. The maximum atomic E-state index is 12.3. The molecule has 0 radical (unpaired) electrons. The molecule has 0 aliphatic rings. The Kier molecular flexibility index (Phi) is 6.43. The van der Waals surface area contributed by atoms with Crippen molar-refractivity contribution in [3.63, 3.8) is 0 Å². The van der Waals surface area contributed by atoms with E-state index in [0.717, 1.165) is 4.88 Å². The van der Waals surface area contributed by atoms with Gasteiger partial charge < -0.3 is 9.47 Å². The number of methoxy groups -OCH3 is 1. The van der Waals surface area contributed by atoms with Crippen molar-refractivity contribution in [2.24, 2.45) is 0 Å². The zero-order valence-corrected chi connectivity index (χ0v) is 15.2. The predicted molar refractivity (Wildman–Crippen MR) is 91.9 cm³/mol. The molecule has 0 saturated heterocycles. The molecule has 0 amide bonds. The SMILES string of the molecule is CCOc1ccc(S(=O)(=O)NCC(OC)c2ccc(Cl)s2)cc1. The third kappa shape index (κ3) is 4.92. The Hall–Kier alpha value is -1.12. The van der Waals surface area contributed by atoms with Gasteiger partial charge >= 0.3 is 0 Å². The molecule has 126 valence electrons. The maximum Gasteiger partial charge on any atom is 0.240 e. The fraction of sp³-hybridized carbons (Fsp3) is 0.333. The fourth-order valence-electron chi connectivity index (χ4n) is 1.95. The number of halogens is 1. The van der Waals surface area contributed by atoms with Crippen LogP contribution in [0.5, 0.6) is 5.75 Å². The minimum atomic E-state index is -3.61. The van der Waals surface area contributed by atoms with Gasteiger partial charge in [0.25, 0.3) is 0 Å². The predicted octanol–water partition coefficient (Wildman–Crippen LogP) is 3.47. The lowest BCUT2D eigenvalue weighted by Gasteiger charge is -2.15. The third-order valence-corrected chi connectivity index (χ3v) is 5.86. The second-order valence-electron chi connectivity index (χ2n) is 4.62. The summed E-state index contributed by atoms with van der Waals surface area (Å²) in [5.74, 6) is 0.634. The zero-order valence-electron chi connectivity index (χ0n) is 12.8. The molecular formula is C15H18ClNO4S2. The van der Waals surface area contributed by atoms with E-state index in [9.17, 15) is 8.42 Å². The van der Waals surface area contributed by atoms with Gasteiger partial charge in [-0.25, -0.2) is 13.1 Å². The molecule has 1 heterocycles. The third-order valence-electron chi connectivity index (χ3n) is 3.10. The molecule has 1 aromatic heterocycles. The van der Waals surface area contributed by atoms with E-state index in [1.54, 1.807) is 18.2 Å². The lowest BCUT2D eigenvalue weighted by atomic mass is 10.3. The molecule has 0 aliphatic carbocycles. The highest BCUT2D eigenvalue weighted by Crippen LogP contribution is 2.28. The summed E-state index contributed by atoms with van der Waals surface area (Å²) in [5.41, 5.74) is 0. The van der Waals surface area contributed by atoms with E-state index in [0.29, 0.717) is 16.7 Å². The van der Waals surface area contributed by atoms with Crippen LogP contribution in [-0.2, 0) is 14.8 Å². The average Bonchev–Trinajstić information content (AvgIpc) is 2.95. The molecular weight excluding hydrogens is 358 g/mol. The van der Waals surface area contributed by atoms with Gasteiger partial charge in [-0.15, -0.1) is 11.3 Å². The van der Waals surface area contributed by atoms with Crippen LogP contribution in [0.1, 0.15) is 17.9 Å². The van der Waals surface area contributed by atoms with E-state index in [1.807, 2.05) is 13.0 Å². The summed E-state index contributed by atoms with van der Waals surface area (Å²) in [6, 6.07) is 9.87.